The second-order valence-electron chi connectivity index (χ2n) is 8.38. The Hall–Kier alpha value is -2.19. The summed E-state index contributed by atoms with van der Waals surface area (Å²) in [5, 5.41) is 14.5. The van der Waals surface area contributed by atoms with Gasteiger partial charge in [0.25, 0.3) is 0 Å². The Labute approximate surface area is 199 Å². The first-order valence-corrected chi connectivity index (χ1v) is 11.7. The van der Waals surface area contributed by atoms with Crippen LogP contribution < -0.4 is 10.1 Å². The molecule has 0 aromatic heterocycles. The van der Waals surface area contributed by atoms with Crippen molar-refractivity contribution in [2.75, 3.05) is 33.4 Å². The summed E-state index contributed by atoms with van der Waals surface area (Å²) in [5.41, 5.74) is 1.96. The van der Waals surface area contributed by atoms with Crippen LogP contribution in [0.4, 0.5) is 4.39 Å². The van der Waals surface area contributed by atoms with Crippen LogP contribution in [0.15, 0.2) is 42.5 Å². The van der Waals surface area contributed by atoms with E-state index in [0.29, 0.717) is 30.3 Å². The maximum atomic E-state index is 13.7. The van der Waals surface area contributed by atoms with Gasteiger partial charge in [0.15, 0.2) is 0 Å². The number of aliphatic hydroxyl groups is 1. The second-order valence-corrected chi connectivity index (χ2v) is 8.81. The van der Waals surface area contributed by atoms with E-state index in [1.165, 1.54) is 24.8 Å². The third-order valence-corrected chi connectivity index (χ3v) is 6.09. The molecule has 0 aliphatic carbocycles. The first kappa shape index (κ1) is 25.4. The zero-order chi connectivity index (χ0) is 23.6. The zero-order valence-corrected chi connectivity index (χ0v) is 19.7. The number of aliphatic hydroxyl groups excluding tert-OH is 1. The van der Waals surface area contributed by atoms with Crippen LogP contribution in [0, 0.1) is 5.82 Å². The molecule has 6 nitrogen and oxygen atoms in total. The van der Waals surface area contributed by atoms with Gasteiger partial charge in [-0.25, -0.2) is 4.39 Å². The van der Waals surface area contributed by atoms with Gasteiger partial charge in [0.05, 0.1) is 7.11 Å². The number of hydrogen-bond donors (Lipinski definition) is 2. The number of aryl methyl sites for hydroxylation is 1. The molecule has 1 fully saturated rings. The van der Waals surface area contributed by atoms with Crippen molar-refractivity contribution in [1.29, 1.82) is 0 Å². The fourth-order valence-corrected chi connectivity index (χ4v) is 4.02. The van der Waals surface area contributed by atoms with E-state index in [4.69, 9.17) is 16.3 Å². The number of likely N-dealkylation sites (tertiary alicyclic amines) is 1. The molecule has 0 bridgehead atoms. The van der Waals surface area contributed by atoms with Crippen LogP contribution in [-0.2, 0) is 22.5 Å². The lowest BCUT2D eigenvalue weighted by Gasteiger charge is -2.33. The van der Waals surface area contributed by atoms with Crippen molar-refractivity contribution in [1.82, 2.24) is 10.2 Å². The fraction of sp³-hybridized carbons (Fsp3) is 0.480. The number of esters is 1. The van der Waals surface area contributed by atoms with Gasteiger partial charge in [0.2, 0.25) is 0 Å². The van der Waals surface area contributed by atoms with Crippen LogP contribution in [0.3, 0.4) is 0 Å². The van der Waals surface area contributed by atoms with Gasteiger partial charge in [-0.15, -0.1) is 0 Å². The number of carbonyl (C=O) groups is 1. The van der Waals surface area contributed by atoms with Crippen LogP contribution in [0.1, 0.15) is 30.4 Å². The molecule has 8 heteroatoms. The van der Waals surface area contributed by atoms with Crippen molar-refractivity contribution >= 4 is 17.6 Å². The maximum absolute atomic E-state index is 13.7. The van der Waals surface area contributed by atoms with Crippen molar-refractivity contribution in [3.63, 3.8) is 0 Å². The molecule has 0 spiro atoms. The minimum absolute atomic E-state index is 0.0388. The van der Waals surface area contributed by atoms with E-state index in [-0.39, 0.29) is 19.0 Å². The smallest absolute Gasteiger partial charge is 0.305 e. The van der Waals surface area contributed by atoms with Gasteiger partial charge in [-0.2, -0.15) is 0 Å². The summed E-state index contributed by atoms with van der Waals surface area (Å²) >= 11 is 5.95. The van der Waals surface area contributed by atoms with E-state index < -0.39 is 11.9 Å². The summed E-state index contributed by atoms with van der Waals surface area (Å²) in [4.78, 5) is 13.8. The number of carbonyl (C=O) groups excluding carboxylic acids is 1. The zero-order valence-electron chi connectivity index (χ0n) is 18.9. The monoisotopic (exact) mass is 478 g/mol. The van der Waals surface area contributed by atoms with Crippen LogP contribution in [0.5, 0.6) is 5.75 Å². The molecule has 2 aromatic carbocycles. The molecular formula is C25H32ClFN2O4. The van der Waals surface area contributed by atoms with Crippen molar-refractivity contribution in [2.45, 2.75) is 44.4 Å². The Kier molecular flexibility index (Phi) is 9.94. The molecule has 180 valence electrons. The highest BCUT2D eigenvalue weighted by atomic mass is 35.5. The summed E-state index contributed by atoms with van der Waals surface area (Å²) in [6, 6.07) is 12.5. The number of piperidine rings is 1. The molecule has 2 aromatic rings. The lowest BCUT2D eigenvalue weighted by atomic mass is 10.0. The van der Waals surface area contributed by atoms with Gasteiger partial charge in [0, 0.05) is 36.6 Å². The van der Waals surface area contributed by atoms with Gasteiger partial charge < -0.3 is 19.9 Å². The number of hydrogen-bond acceptors (Lipinski definition) is 6. The second kappa shape index (κ2) is 12.9. The third kappa shape index (κ3) is 8.59. The normalized spacial score (nSPS) is 15.9. The topological polar surface area (TPSA) is 71.0 Å². The summed E-state index contributed by atoms with van der Waals surface area (Å²) in [6.45, 7) is 3.32. The number of nitrogens with zero attached hydrogens (tertiary/aromatic N) is 1. The molecule has 0 unspecified atom stereocenters. The van der Waals surface area contributed by atoms with Crippen LogP contribution in [0.2, 0.25) is 5.02 Å². The number of methoxy groups -OCH3 is 1. The molecule has 0 radical (unpaired) electrons. The van der Waals surface area contributed by atoms with E-state index in [2.05, 4.69) is 27.1 Å². The van der Waals surface area contributed by atoms with Gasteiger partial charge in [-0.1, -0.05) is 29.8 Å². The highest BCUT2D eigenvalue weighted by Crippen LogP contribution is 2.22. The standard InChI is InChI=1S/C25H32ClFN2O4/c1-32-25(31)9-5-19-4-8-21(27)14-24(19)33-17-23(30)15-28-22-10-12-29(13-11-22)16-18-2-6-20(26)7-3-18/h2-4,6-8,14,22-23,28,30H,5,9-13,15-17H2,1H3/t23-/m1/s1. The number of nitrogens with one attached hydrogen (secondary N) is 1. The Morgan fingerprint density at radius 1 is 1.24 bits per heavy atom. The molecule has 3 rings (SSSR count). The maximum Gasteiger partial charge on any atom is 0.305 e. The van der Waals surface area contributed by atoms with Gasteiger partial charge in [-0.05, 0) is 61.7 Å². The number of benzene rings is 2. The first-order chi connectivity index (χ1) is 15.9. The van der Waals surface area contributed by atoms with E-state index in [0.717, 1.165) is 37.5 Å². The number of halogens is 2. The molecule has 1 heterocycles. The lowest BCUT2D eigenvalue weighted by molar-refractivity contribution is -0.140. The minimum Gasteiger partial charge on any atom is -0.490 e. The molecule has 1 aliphatic rings. The molecule has 0 saturated carbocycles. The molecule has 2 N–H and O–H groups in total. The Bertz CT molecular complexity index is 888. The first-order valence-electron chi connectivity index (χ1n) is 11.3. The van der Waals surface area contributed by atoms with E-state index >= 15 is 0 Å². The molecule has 1 aliphatic heterocycles. The Morgan fingerprint density at radius 2 is 1.97 bits per heavy atom. The fourth-order valence-electron chi connectivity index (χ4n) is 3.90. The van der Waals surface area contributed by atoms with Gasteiger partial charge in [0.1, 0.15) is 24.3 Å². The van der Waals surface area contributed by atoms with Crippen LogP contribution in [0.25, 0.3) is 0 Å². The summed E-state index contributed by atoms with van der Waals surface area (Å²) in [7, 11) is 1.33. The quantitative estimate of drug-likeness (QED) is 0.481. The van der Waals surface area contributed by atoms with Gasteiger partial charge in [-0.3, -0.25) is 9.69 Å². The molecule has 0 amide bonds. The van der Waals surface area contributed by atoms with E-state index in [1.807, 2.05) is 12.1 Å². The highest BCUT2D eigenvalue weighted by molar-refractivity contribution is 6.30. The average Bonchev–Trinajstić information content (AvgIpc) is 2.82. The number of rotatable bonds is 11. The lowest BCUT2D eigenvalue weighted by Crippen LogP contribution is -2.45. The summed E-state index contributed by atoms with van der Waals surface area (Å²) in [6.07, 6.45) is 1.84. The van der Waals surface area contributed by atoms with Gasteiger partial charge >= 0.3 is 5.97 Å². The molecule has 1 saturated heterocycles. The highest BCUT2D eigenvalue weighted by Gasteiger charge is 2.20. The summed E-state index contributed by atoms with van der Waals surface area (Å²) < 4.78 is 24.0. The minimum atomic E-state index is -0.728. The van der Waals surface area contributed by atoms with E-state index in [1.54, 1.807) is 6.07 Å². The van der Waals surface area contributed by atoms with Crippen molar-refractivity contribution in [3.05, 3.63) is 64.4 Å². The largest absolute Gasteiger partial charge is 0.490 e. The van der Waals surface area contributed by atoms with Crippen molar-refractivity contribution in [2.24, 2.45) is 0 Å². The predicted octanol–water partition coefficient (Wildman–Crippen LogP) is 3.58. The Morgan fingerprint density at radius 3 is 2.67 bits per heavy atom. The number of ether oxygens (including phenoxy) is 2. The Balaban J connectivity index is 1.38. The molecule has 33 heavy (non-hydrogen) atoms. The van der Waals surface area contributed by atoms with Crippen LogP contribution >= 0.6 is 11.6 Å². The third-order valence-electron chi connectivity index (χ3n) is 5.84. The van der Waals surface area contributed by atoms with E-state index in [9.17, 15) is 14.3 Å². The predicted molar refractivity (Wildman–Crippen MR) is 126 cm³/mol. The molecular weight excluding hydrogens is 447 g/mol. The van der Waals surface area contributed by atoms with Crippen LogP contribution in [-0.4, -0.2) is 61.5 Å². The average molecular weight is 479 g/mol. The molecule has 1 atom stereocenters. The summed E-state index contributed by atoms with van der Waals surface area (Å²) in [5.74, 6) is -0.424. The van der Waals surface area contributed by atoms with Crippen molar-refractivity contribution in [3.8, 4) is 5.75 Å². The SMILES string of the molecule is COC(=O)CCc1ccc(F)cc1OC[C@H](O)CNC1CCN(Cc2ccc(Cl)cc2)CC1. The van der Waals surface area contributed by atoms with Crippen molar-refractivity contribution < 1.29 is 23.8 Å².